The smallest absolute Gasteiger partial charge is 0.223 e. The molecule has 6 nitrogen and oxygen atoms in total. The SMILES string of the molecule is CN(C)C(CNC(=O)C1CCN(S(C)(=O)=O)CC1)c1ccccc1Cl. The number of amides is 1. The molecule has 1 aliphatic rings. The molecule has 1 aromatic carbocycles. The van der Waals surface area contributed by atoms with Crippen molar-refractivity contribution in [3.63, 3.8) is 0 Å². The van der Waals surface area contributed by atoms with Crippen LogP contribution in [0.2, 0.25) is 5.02 Å². The van der Waals surface area contributed by atoms with Crippen molar-refractivity contribution in [1.29, 1.82) is 0 Å². The van der Waals surface area contributed by atoms with E-state index in [4.69, 9.17) is 11.6 Å². The summed E-state index contributed by atoms with van der Waals surface area (Å²) in [5, 5.41) is 3.68. The van der Waals surface area contributed by atoms with E-state index in [9.17, 15) is 13.2 Å². The highest BCUT2D eigenvalue weighted by atomic mass is 35.5. The van der Waals surface area contributed by atoms with Crippen molar-refractivity contribution < 1.29 is 13.2 Å². The summed E-state index contributed by atoms with van der Waals surface area (Å²) in [6.45, 7) is 1.26. The van der Waals surface area contributed by atoms with Gasteiger partial charge in [-0.05, 0) is 38.6 Å². The van der Waals surface area contributed by atoms with Crippen LogP contribution in [-0.2, 0) is 14.8 Å². The molecule has 2 rings (SSSR count). The van der Waals surface area contributed by atoms with Gasteiger partial charge in [0.25, 0.3) is 0 Å². The summed E-state index contributed by atoms with van der Waals surface area (Å²) in [5.41, 5.74) is 0.973. The zero-order chi connectivity index (χ0) is 18.6. The molecule has 1 aromatic rings. The number of carbonyl (C=O) groups excluding carboxylic acids is 1. The summed E-state index contributed by atoms with van der Waals surface area (Å²) in [7, 11) is 0.726. The van der Waals surface area contributed by atoms with E-state index in [1.165, 1.54) is 10.6 Å². The zero-order valence-electron chi connectivity index (χ0n) is 14.9. The van der Waals surface area contributed by atoms with Gasteiger partial charge in [0.15, 0.2) is 0 Å². The molecular formula is C17H26ClN3O3S. The Kier molecular flexibility index (Phi) is 6.85. The Morgan fingerprint density at radius 2 is 1.92 bits per heavy atom. The van der Waals surface area contributed by atoms with E-state index in [0.717, 1.165) is 5.56 Å². The number of nitrogens with zero attached hydrogens (tertiary/aromatic N) is 2. The lowest BCUT2D eigenvalue weighted by Crippen LogP contribution is -2.44. The molecule has 1 fully saturated rings. The third kappa shape index (κ3) is 5.41. The van der Waals surface area contributed by atoms with Crippen LogP contribution in [0.25, 0.3) is 0 Å². The van der Waals surface area contributed by atoms with E-state index >= 15 is 0 Å². The number of carbonyl (C=O) groups is 1. The number of rotatable bonds is 6. The van der Waals surface area contributed by atoms with Crippen molar-refractivity contribution in [3.8, 4) is 0 Å². The molecule has 8 heteroatoms. The minimum absolute atomic E-state index is 0.0197. The number of hydrogen-bond donors (Lipinski definition) is 1. The van der Waals surface area contributed by atoms with Crippen molar-refractivity contribution in [2.24, 2.45) is 5.92 Å². The fraction of sp³-hybridized carbons (Fsp3) is 0.588. The standard InChI is InChI=1S/C17H26ClN3O3S/c1-20(2)16(14-6-4-5-7-15(14)18)12-19-17(22)13-8-10-21(11-9-13)25(3,23)24/h4-7,13,16H,8-12H2,1-3H3,(H,19,22). The second-order valence-corrected chi connectivity index (χ2v) is 9.07. The Bertz CT molecular complexity index is 701. The van der Waals surface area contributed by atoms with Gasteiger partial charge in [0.05, 0.1) is 12.3 Å². The first kappa shape index (κ1) is 20.2. The van der Waals surface area contributed by atoms with Crippen LogP contribution in [0.5, 0.6) is 0 Å². The van der Waals surface area contributed by atoms with Crippen molar-refractivity contribution in [1.82, 2.24) is 14.5 Å². The quantitative estimate of drug-likeness (QED) is 0.807. The molecule has 0 radical (unpaired) electrons. The van der Waals surface area contributed by atoms with E-state index in [-0.39, 0.29) is 17.9 Å². The maximum absolute atomic E-state index is 12.5. The summed E-state index contributed by atoms with van der Waals surface area (Å²) in [6.07, 6.45) is 2.31. The first-order valence-corrected chi connectivity index (χ1v) is 10.6. The van der Waals surface area contributed by atoms with E-state index < -0.39 is 10.0 Å². The predicted octanol–water partition coefficient (Wildman–Crippen LogP) is 1.73. The summed E-state index contributed by atoms with van der Waals surface area (Å²) >= 11 is 6.28. The third-order valence-electron chi connectivity index (χ3n) is 4.65. The van der Waals surface area contributed by atoms with E-state index in [1.54, 1.807) is 0 Å². The molecule has 1 saturated heterocycles. The van der Waals surface area contributed by atoms with Crippen molar-refractivity contribution >= 4 is 27.5 Å². The highest BCUT2D eigenvalue weighted by Crippen LogP contribution is 2.26. The van der Waals surface area contributed by atoms with Gasteiger partial charge in [-0.15, -0.1) is 0 Å². The average molecular weight is 388 g/mol. The summed E-state index contributed by atoms with van der Waals surface area (Å²) < 4.78 is 24.5. The van der Waals surface area contributed by atoms with Crippen LogP contribution in [0.4, 0.5) is 0 Å². The third-order valence-corrected chi connectivity index (χ3v) is 6.30. The molecule has 1 heterocycles. The molecule has 0 aromatic heterocycles. The van der Waals surface area contributed by atoms with Gasteiger partial charge in [0.1, 0.15) is 0 Å². The number of hydrogen-bond acceptors (Lipinski definition) is 4. The number of halogens is 1. The Balaban J connectivity index is 1.93. The molecule has 140 valence electrons. The largest absolute Gasteiger partial charge is 0.354 e. The number of piperidine rings is 1. The van der Waals surface area contributed by atoms with Crippen LogP contribution in [0, 0.1) is 5.92 Å². The molecular weight excluding hydrogens is 362 g/mol. The molecule has 0 bridgehead atoms. The van der Waals surface area contributed by atoms with Gasteiger partial charge in [-0.1, -0.05) is 29.8 Å². The lowest BCUT2D eigenvalue weighted by Gasteiger charge is -2.31. The lowest BCUT2D eigenvalue weighted by atomic mass is 9.97. The number of sulfonamides is 1. The summed E-state index contributed by atoms with van der Waals surface area (Å²) in [5.74, 6) is -0.167. The van der Waals surface area contributed by atoms with Crippen LogP contribution in [0.3, 0.4) is 0 Å². The van der Waals surface area contributed by atoms with E-state index in [2.05, 4.69) is 5.32 Å². The van der Waals surface area contributed by atoms with E-state index in [1.807, 2.05) is 43.3 Å². The Labute approximate surface area is 155 Å². The first-order chi connectivity index (χ1) is 11.7. The highest BCUT2D eigenvalue weighted by molar-refractivity contribution is 7.88. The molecule has 0 aliphatic carbocycles. The Hall–Kier alpha value is -1.15. The fourth-order valence-corrected chi connectivity index (χ4v) is 4.24. The lowest BCUT2D eigenvalue weighted by molar-refractivity contribution is -0.126. The molecule has 1 unspecified atom stereocenters. The second kappa shape index (κ2) is 8.49. The molecule has 1 aliphatic heterocycles. The van der Waals surface area contributed by atoms with Crippen molar-refractivity contribution in [3.05, 3.63) is 34.9 Å². The van der Waals surface area contributed by atoms with Gasteiger partial charge in [0.2, 0.25) is 15.9 Å². The minimum atomic E-state index is -3.17. The first-order valence-electron chi connectivity index (χ1n) is 8.34. The average Bonchev–Trinajstić information content (AvgIpc) is 2.55. The zero-order valence-corrected chi connectivity index (χ0v) is 16.5. The Morgan fingerprint density at radius 3 is 2.44 bits per heavy atom. The molecule has 0 spiro atoms. The number of benzene rings is 1. The number of nitrogens with one attached hydrogen (secondary N) is 1. The topological polar surface area (TPSA) is 69.7 Å². The fourth-order valence-electron chi connectivity index (χ4n) is 3.11. The second-order valence-electron chi connectivity index (χ2n) is 6.68. The summed E-state index contributed by atoms with van der Waals surface area (Å²) in [6, 6.07) is 7.60. The Morgan fingerprint density at radius 1 is 1.32 bits per heavy atom. The monoisotopic (exact) mass is 387 g/mol. The normalized spacial score (nSPS) is 18.3. The van der Waals surface area contributed by atoms with Gasteiger partial charge in [0, 0.05) is 30.6 Å². The van der Waals surface area contributed by atoms with Crippen LogP contribution in [0.15, 0.2) is 24.3 Å². The maximum atomic E-state index is 12.5. The van der Waals surface area contributed by atoms with Crippen molar-refractivity contribution in [2.75, 3.05) is 40.0 Å². The molecule has 25 heavy (non-hydrogen) atoms. The predicted molar refractivity (Wildman–Crippen MR) is 100 cm³/mol. The van der Waals surface area contributed by atoms with Gasteiger partial charge in [-0.25, -0.2) is 12.7 Å². The highest BCUT2D eigenvalue weighted by Gasteiger charge is 2.29. The van der Waals surface area contributed by atoms with Gasteiger partial charge >= 0.3 is 0 Å². The van der Waals surface area contributed by atoms with Crippen LogP contribution < -0.4 is 5.32 Å². The molecule has 1 atom stereocenters. The number of likely N-dealkylation sites (N-methyl/N-ethyl adjacent to an activating group) is 1. The van der Waals surface area contributed by atoms with Crippen LogP contribution in [0.1, 0.15) is 24.4 Å². The maximum Gasteiger partial charge on any atom is 0.223 e. The van der Waals surface area contributed by atoms with Gasteiger partial charge in [-0.3, -0.25) is 4.79 Å². The molecule has 1 amide bonds. The van der Waals surface area contributed by atoms with Crippen LogP contribution >= 0.6 is 11.6 Å². The van der Waals surface area contributed by atoms with E-state index in [0.29, 0.717) is 37.5 Å². The van der Waals surface area contributed by atoms with Gasteiger partial charge < -0.3 is 10.2 Å². The molecule has 1 N–H and O–H groups in total. The van der Waals surface area contributed by atoms with Crippen LogP contribution in [-0.4, -0.2) is 63.5 Å². The van der Waals surface area contributed by atoms with Crippen molar-refractivity contribution in [2.45, 2.75) is 18.9 Å². The van der Waals surface area contributed by atoms with Gasteiger partial charge in [-0.2, -0.15) is 0 Å². The summed E-state index contributed by atoms with van der Waals surface area (Å²) in [4.78, 5) is 14.5. The molecule has 0 saturated carbocycles. The minimum Gasteiger partial charge on any atom is -0.354 e.